The summed E-state index contributed by atoms with van der Waals surface area (Å²) in [6.45, 7) is 5.09. The molecule has 144 valence electrons. The third-order valence-electron chi connectivity index (χ3n) is 5.11. The lowest BCUT2D eigenvalue weighted by atomic mass is 10.0. The molecule has 0 spiro atoms. The zero-order valence-corrected chi connectivity index (χ0v) is 16.5. The normalized spacial score (nSPS) is 19.1. The lowest BCUT2D eigenvalue weighted by molar-refractivity contribution is 0.298. The molecule has 0 saturated heterocycles. The number of sulfone groups is 1. The molecule has 1 fully saturated rings. The van der Waals surface area contributed by atoms with E-state index in [1.165, 1.54) is 6.20 Å². The molecule has 2 aromatic heterocycles. The van der Waals surface area contributed by atoms with Crippen molar-refractivity contribution in [2.45, 2.75) is 44.8 Å². The number of hydrogen-bond donors (Lipinski definition) is 0. The minimum Gasteiger partial charge on any atom is -0.489 e. The monoisotopic (exact) mass is 389 g/mol. The van der Waals surface area contributed by atoms with Crippen LogP contribution < -0.4 is 10.3 Å². The first-order valence-electron chi connectivity index (χ1n) is 9.17. The van der Waals surface area contributed by atoms with E-state index in [9.17, 15) is 13.2 Å². The molecular formula is C19H23N3O4S. The number of aromatic nitrogens is 3. The molecule has 1 saturated carbocycles. The molecule has 4 rings (SSSR count). The van der Waals surface area contributed by atoms with Gasteiger partial charge < -0.3 is 9.30 Å². The molecule has 0 aromatic carbocycles. The van der Waals surface area contributed by atoms with Crippen molar-refractivity contribution in [3.05, 3.63) is 33.9 Å². The quantitative estimate of drug-likeness (QED) is 0.727. The van der Waals surface area contributed by atoms with Gasteiger partial charge in [-0.3, -0.25) is 4.79 Å². The average molecular weight is 389 g/mol. The lowest BCUT2D eigenvalue weighted by Crippen LogP contribution is -2.23. The van der Waals surface area contributed by atoms with Gasteiger partial charge in [0.05, 0.1) is 12.8 Å². The molecule has 1 aliphatic carbocycles. The maximum absolute atomic E-state index is 12.5. The number of fused-ring (bicyclic) bond motifs is 1. The summed E-state index contributed by atoms with van der Waals surface area (Å²) >= 11 is 0. The molecule has 0 N–H and O–H groups in total. The maximum Gasteiger partial charge on any atom is 0.253 e. The van der Waals surface area contributed by atoms with Crippen molar-refractivity contribution in [1.82, 2.24) is 14.5 Å². The summed E-state index contributed by atoms with van der Waals surface area (Å²) in [5, 5.41) is -0.232. The first-order valence-corrected chi connectivity index (χ1v) is 11.1. The Kier molecular flexibility index (Phi) is 4.33. The highest BCUT2D eigenvalue weighted by atomic mass is 32.2. The van der Waals surface area contributed by atoms with Gasteiger partial charge in [-0.1, -0.05) is 6.92 Å². The smallest absolute Gasteiger partial charge is 0.253 e. The second kappa shape index (κ2) is 6.44. The van der Waals surface area contributed by atoms with Gasteiger partial charge in [0.25, 0.3) is 5.56 Å². The van der Waals surface area contributed by atoms with Crippen LogP contribution in [0, 0.1) is 18.8 Å². The van der Waals surface area contributed by atoms with Crippen molar-refractivity contribution in [3.63, 3.8) is 0 Å². The number of hydrogen-bond acceptors (Lipinski definition) is 6. The van der Waals surface area contributed by atoms with Gasteiger partial charge in [-0.05, 0) is 44.1 Å². The van der Waals surface area contributed by atoms with E-state index in [-0.39, 0.29) is 10.7 Å². The highest BCUT2D eigenvalue weighted by Gasteiger charge is 2.28. The predicted octanol–water partition coefficient (Wildman–Crippen LogP) is 2.00. The van der Waals surface area contributed by atoms with E-state index in [2.05, 4.69) is 16.9 Å². The topological polar surface area (TPSA) is 91.2 Å². The molecule has 2 aliphatic rings. The zero-order chi connectivity index (χ0) is 19.3. The molecule has 0 amide bonds. The van der Waals surface area contributed by atoms with Crippen molar-refractivity contribution in [2.75, 3.05) is 12.9 Å². The van der Waals surface area contributed by atoms with Crippen LogP contribution in [-0.4, -0.2) is 35.8 Å². The largest absolute Gasteiger partial charge is 0.489 e. The second-order valence-corrected chi connectivity index (χ2v) is 9.71. The van der Waals surface area contributed by atoms with Crippen LogP contribution in [-0.2, 0) is 22.8 Å². The van der Waals surface area contributed by atoms with E-state index >= 15 is 0 Å². The highest BCUT2D eigenvalue weighted by Crippen LogP contribution is 2.36. The predicted molar refractivity (Wildman–Crippen MR) is 101 cm³/mol. The SMILES string of the molecule is Cc1cc(-c2nc(S(C)(=O)=O)ncc2OCC2CC2)c2n(c1=O)C[C@@H](C)C2. The summed E-state index contributed by atoms with van der Waals surface area (Å²) in [6, 6.07) is 1.80. The van der Waals surface area contributed by atoms with Gasteiger partial charge in [-0.25, -0.2) is 18.4 Å². The Morgan fingerprint density at radius 3 is 2.74 bits per heavy atom. The minimum atomic E-state index is -3.56. The van der Waals surface area contributed by atoms with Gasteiger partial charge in [0, 0.05) is 29.6 Å². The fourth-order valence-electron chi connectivity index (χ4n) is 3.49. The van der Waals surface area contributed by atoms with Gasteiger partial charge in [0.2, 0.25) is 15.0 Å². The summed E-state index contributed by atoms with van der Waals surface area (Å²) in [6.07, 6.45) is 5.56. The number of rotatable bonds is 5. The average Bonchev–Trinajstić information content (AvgIpc) is 3.35. The molecule has 2 aromatic rings. The number of nitrogens with zero attached hydrogens (tertiary/aromatic N) is 3. The van der Waals surface area contributed by atoms with Gasteiger partial charge in [0.15, 0.2) is 5.75 Å². The van der Waals surface area contributed by atoms with Crippen LogP contribution in [0.25, 0.3) is 11.3 Å². The standard InChI is InChI=1S/C19H23N3O4S/c1-11-6-15-14(7-12(2)18(23)22(15)9-11)17-16(26-10-13-4-5-13)8-20-19(21-17)27(3,24)25/h7-8,11,13H,4-6,9-10H2,1-3H3/t11-/m0/s1. The highest BCUT2D eigenvalue weighted by molar-refractivity contribution is 7.90. The summed E-state index contributed by atoms with van der Waals surface area (Å²) in [5.74, 6) is 1.35. The van der Waals surface area contributed by atoms with Crippen LogP contribution in [0.4, 0.5) is 0 Å². The van der Waals surface area contributed by atoms with E-state index in [1.807, 2.05) is 0 Å². The molecule has 27 heavy (non-hydrogen) atoms. The van der Waals surface area contributed by atoms with Crippen LogP contribution >= 0.6 is 0 Å². The van der Waals surface area contributed by atoms with Crippen molar-refractivity contribution in [2.24, 2.45) is 11.8 Å². The van der Waals surface area contributed by atoms with Crippen molar-refractivity contribution in [3.8, 4) is 17.0 Å². The van der Waals surface area contributed by atoms with E-state index in [0.717, 1.165) is 36.8 Å². The first-order chi connectivity index (χ1) is 12.7. The van der Waals surface area contributed by atoms with Gasteiger partial charge in [-0.15, -0.1) is 0 Å². The molecule has 0 unspecified atom stereocenters. The van der Waals surface area contributed by atoms with E-state index < -0.39 is 9.84 Å². The minimum absolute atomic E-state index is 0.00376. The summed E-state index contributed by atoms with van der Waals surface area (Å²) in [4.78, 5) is 20.9. The van der Waals surface area contributed by atoms with E-state index in [1.54, 1.807) is 17.6 Å². The Morgan fingerprint density at radius 2 is 2.07 bits per heavy atom. The third kappa shape index (κ3) is 3.50. The Hall–Kier alpha value is -2.22. The Morgan fingerprint density at radius 1 is 1.33 bits per heavy atom. The molecule has 3 heterocycles. The van der Waals surface area contributed by atoms with Crippen molar-refractivity contribution in [1.29, 1.82) is 0 Å². The molecule has 0 bridgehead atoms. The van der Waals surface area contributed by atoms with Crippen LogP contribution in [0.15, 0.2) is 22.2 Å². The third-order valence-corrected chi connectivity index (χ3v) is 5.97. The fraction of sp³-hybridized carbons (Fsp3) is 0.526. The Labute approximate surface area is 158 Å². The fourth-order valence-corrected chi connectivity index (χ4v) is 3.99. The number of pyridine rings is 1. The molecular weight excluding hydrogens is 366 g/mol. The Bertz CT molecular complexity index is 1070. The lowest BCUT2D eigenvalue weighted by Gasteiger charge is -2.15. The maximum atomic E-state index is 12.5. The van der Waals surface area contributed by atoms with Crippen LogP contribution in [0.2, 0.25) is 0 Å². The second-order valence-electron chi connectivity index (χ2n) is 7.80. The number of ether oxygens (including phenoxy) is 1. The van der Waals surface area contributed by atoms with Crippen molar-refractivity contribution < 1.29 is 13.2 Å². The molecule has 0 radical (unpaired) electrons. The summed E-state index contributed by atoms with van der Waals surface area (Å²) in [7, 11) is -3.56. The molecule has 1 aliphatic heterocycles. The first kappa shape index (κ1) is 18.2. The zero-order valence-electron chi connectivity index (χ0n) is 15.7. The number of aryl methyl sites for hydroxylation is 1. The van der Waals surface area contributed by atoms with Crippen LogP contribution in [0.1, 0.15) is 31.0 Å². The van der Waals surface area contributed by atoms with E-state index in [4.69, 9.17) is 4.74 Å². The van der Waals surface area contributed by atoms with Crippen LogP contribution in [0.5, 0.6) is 5.75 Å². The molecule has 1 atom stereocenters. The van der Waals surface area contributed by atoms with Gasteiger partial charge >= 0.3 is 0 Å². The summed E-state index contributed by atoms with van der Waals surface area (Å²) in [5.41, 5.74) is 2.69. The van der Waals surface area contributed by atoms with Crippen LogP contribution in [0.3, 0.4) is 0 Å². The summed E-state index contributed by atoms with van der Waals surface area (Å²) < 4.78 is 31.7. The molecule has 8 heteroatoms. The van der Waals surface area contributed by atoms with E-state index in [0.29, 0.717) is 42.0 Å². The van der Waals surface area contributed by atoms with Gasteiger partial charge in [0.1, 0.15) is 5.69 Å². The van der Waals surface area contributed by atoms with Gasteiger partial charge in [-0.2, -0.15) is 0 Å². The molecule has 7 nitrogen and oxygen atoms in total. The Balaban J connectivity index is 1.90. The van der Waals surface area contributed by atoms with Crippen molar-refractivity contribution >= 4 is 9.84 Å².